The number of hydrogen-bond acceptors (Lipinski definition) is 2. The van der Waals surface area contributed by atoms with Gasteiger partial charge in [0.05, 0.1) is 12.2 Å². The van der Waals surface area contributed by atoms with E-state index in [0.29, 0.717) is 12.2 Å². The summed E-state index contributed by atoms with van der Waals surface area (Å²) in [6, 6.07) is 5.01. The maximum absolute atomic E-state index is 12.4. The molecule has 0 heterocycles. The molecule has 0 bridgehead atoms. The first-order valence-corrected chi connectivity index (χ1v) is 6.47. The SMILES string of the molecule is OCC1(CNc2ccc(C(F)(F)F)cc2)CCCC1. The van der Waals surface area contributed by atoms with Gasteiger partial charge in [0, 0.05) is 17.6 Å². The molecule has 5 heteroatoms. The second-order valence-corrected chi connectivity index (χ2v) is 5.29. The molecule has 106 valence electrons. The summed E-state index contributed by atoms with van der Waals surface area (Å²) in [5.41, 5.74) is -0.0913. The van der Waals surface area contributed by atoms with E-state index < -0.39 is 11.7 Å². The minimum atomic E-state index is -4.30. The lowest BCUT2D eigenvalue weighted by Crippen LogP contribution is -2.30. The van der Waals surface area contributed by atoms with Crippen LogP contribution in [0.15, 0.2) is 24.3 Å². The van der Waals surface area contributed by atoms with Crippen molar-refractivity contribution in [3.05, 3.63) is 29.8 Å². The molecule has 1 saturated carbocycles. The highest BCUT2D eigenvalue weighted by Gasteiger charge is 2.33. The van der Waals surface area contributed by atoms with Crippen molar-refractivity contribution >= 4 is 5.69 Å². The molecule has 19 heavy (non-hydrogen) atoms. The molecule has 0 aromatic heterocycles. The van der Waals surface area contributed by atoms with Crippen molar-refractivity contribution in [1.29, 1.82) is 0 Å². The third-order valence-corrected chi connectivity index (χ3v) is 3.88. The highest BCUT2D eigenvalue weighted by atomic mass is 19.4. The molecule has 1 aliphatic carbocycles. The van der Waals surface area contributed by atoms with Crippen LogP contribution >= 0.6 is 0 Å². The van der Waals surface area contributed by atoms with Crippen LogP contribution in [0.3, 0.4) is 0 Å². The predicted molar refractivity (Wildman–Crippen MR) is 67.9 cm³/mol. The van der Waals surface area contributed by atoms with Crippen molar-refractivity contribution in [3.8, 4) is 0 Å². The summed E-state index contributed by atoms with van der Waals surface area (Å²) in [4.78, 5) is 0. The van der Waals surface area contributed by atoms with Gasteiger partial charge in [-0.2, -0.15) is 13.2 Å². The molecule has 0 saturated heterocycles. The van der Waals surface area contributed by atoms with E-state index in [1.807, 2.05) is 0 Å². The van der Waals surface area contributed by atoms with Crippen molar-refractivity contribution < 1.29 is 18.3 Å². The van der Waals surface area contributed by atoms with Crippen LogP contribution in [0.4, 0.5) is 18.9 Å². The first kappa shape index (κ1) is 14.2. The smallest absolute Gasteiger partial charge is 0.396 e. The lowest BCUT2D eigenvalue weighted by Gasteiger charge is -2.27. The Morgan fingerprint density at radius 2 is 1.68 bits per heavy atom. The maximum atomic E-state index is 12.4. The van der Waals surface area contributed by atoms with Crippen LogP contribution in [0.25, 0.3) is 0 Å². The van der Waals surface area contributed by atoms with Gasteiger partial charge in [-0.05, 0) is 37.1 Å². The number of anilines is 1. The first-order chi connectivity index (χ1) is 8.95. The minimum absolute atomic E-state index is 0.108. The molecule has 0 aliphatic heterocycles. The Morgan fingerprint density at radius 3 is 2.16 bits per heavy atom. The maximum Gasteiger partial charge on any atom is 0.416 e. The number of rotatable bonds is 4. The van der Waals surface area contributed by atoms with E-state index in [1.54, 1.807) is 0 Å². The Bertz CT molecular complexity index is 408. The Labute approximate surface area is 110 Å². The average Bonchev–Trinajstić information content (AvgIpc) is 2.85. The van der Waals surface area contributed by atoms with E-state index >= 15 is 0 Å². The number of alkyl halides is 3. The number of benzene rings is 1. The Hall–Kier alpha value is -1.23. The summed E-state index contributed by atoms with van der Waals surface area (Å²) >= 11 is 0. The number of nitrogens with one attached hydrogen (secondary N) is 1. The van der Waals surface area contributed by atoms with Gasteiger partial charge in [-0.25, -0.2) is 0 Å². The molecule has 0 unspecified atom stereocenters. The molecule has 1 aromatic carbocycles. The zero-order chi connectivity index (χ0) is 13.9. The van der Waals surface area contributed by atoms with Crippen molar-refractivity contribution in [3.63, 3.8) is 0 Å². The first-order valence-electron chi connectivity index (χ1n) is 6.47. The summed E-state index contributed by atoms with van der Waals surface area (Å²) in [7, 11) is 0. The summed E-state index contributed by atoms with van der Waals surface area (Å²) in [6.45, 7) is 0.732. The van der Waals surface area contributed by atoms with E-state index in [4.69, 9.17) is 0 Å². The van der Waals surface area contributed by atoms with Crippen molar-refractivity contribution in [2.75, 3.05) is 18.5 Å². The number of hydrogen-bond donors (Lipinski definition) is 2. The Kier molecular flexibility index (Phi) is 4.04. The van der Waals surface area contributed by atoms with Gasteiger partial charge in [0.1, 0.15) is 0 Å². The summed E-state index contributed by atoms with van der Waals surface area (Å²) in [6.07, 6.45) is -0.144. The third kappa shape index (κ3) is 3.41. The van der Waals surface area contributed by atoms with Crippen LogP contribution < -0.4 is 5.32 Å². The van der Waals surface area contributed by atoms with Crippen molar-refractivity contribution in [2.24, 2.45) is 5.41 Å². The van der Waals surface area contributed by atoms with Crippen LogP contribution in [-0.4, -0.2) is 18.3 Å². The largest absolute Gasteiger partial charge is 0.416 e. The highest BCUT2D eigenvalue weighted by molar-refractivity contribution is 5.45. The molecule has 2 rings (SSSR count). The molecule has 2 N–H and O–H groups in total. The quantitative estimate of drug-likeness (QED) is 0.877. The zero-order valence-corrected chi connectivity index (χ0v) is 10.6. The van der Waals surface area contributed by atoms with Crippen LogP contribution in [0.5, 0.6) is 0 Å². The summed E-state index contributed by atoms with van der Waals surface area (Å²) < 4.78 is 37.2. The fraction of sp³-hybridized carbons (Fsp3) is 0.571. The summed E-state index contributed by atoms with van der Waals surface area (Å²) in [5, 5.41) is 12.6. The van der Waals surface area contributed by atoms with Gasteiger partial charge in [-0.15, -0.1) is 0 Å². The Morgan fingerprint density at radius 1 is 1.11 bits per heavy atom. The monoisotopic (exact) mass is 273 g/mol. The van der Waals surface area contributed by atoms with Crippen molar-refractivity contribution in [2.45, 2.75) is 31.9 Å². The van der Waals surface area contributed by atoms with E-state index in [1.165, 1.54) is 12.1 Å². The van der Waals surface area contributed by atoms with E-state index in [9.17, 15) is 18.3 Å². The van der Waals surface area contributed by atoms with Crippen molar-refractivity contribution in [1.82, 2.24) is 0 Å². The number of aliphatic hydroxyl groups excluding tert-OH is 1. The normalized spacial score (nSPS) is 18.5. The van der Waals surface area contributed by atoms with E-state index in [-0.39, 0.29) is 12.0 Å². The van der Waals surface area contributed by atoms with Gasteiger partial charge in [0.2, 0.25) is 0 Å². The standard InChI is InChI=1S/C14H18F3NO/c15-14(16,17)11-3-5-12(6-4-11)18-9-13(10-19)7-1-2-8-13/h3-6,18-19H,1-2,7-10H2. The lowest BCUT2D eigenvalue weighted by atomic mass is 9.87. The van der Waals surface area contributed by atoms with Crippen LogP contribution in [0.1, 0.15) is 31.2 Å². The third-order valence-electron chi connectivity index (χ3n) is 3.88. The number of halogens is 3. The second kappa shape index (κ2) is 5.41. The van der Waals surface area contributed by atoms with E-state index in [2.05, 4.69) is 5.32 Å². The summed E-state index contributed by atoms with van der Waals surface area (Å²) in [5.74, 6) is 0. The van der Waals surface area contributed by atoms with Crippen LogP contribution in [0.2, 0.25) is 0 Å². The molecule has 1 fully saturated rings. The molecule has 1 aromatic rings. The molecule has 2 nitrogen and oxygen atoms in total. The van der Waals surface area contributed by atoms with Crippen LogP contribution in [-0.2, 0) is 6.18 Å². The van der Waals surface area contributed by atoms with E-state index in [0.717, 1.165) is 37.8 Å². The van der Waals surface area contributed by atoms with Crippen LogP contribution in [0, 0.1) is 5.41 Å². The molecule has 0 spiro atoms. The van der Waals surface area contributed by atoms with Gasteiger partial charge >= 0.3 is 6.18 Å². The molecule has 0 radical (unpaired) electrons. The van der Waals surface area contributed by atoms with Gasteiger partial charge < -0.3 is 10.4 Å². The zero-order valence-electron chi connectivity index (χ0n) is 10.6. The molecule has 1 aliphatic rings. The molecular weight excluding hydrogens is 255 g/mol. The predicted octanol–water partition coefficient (Wildman–Crippen LogP) is 3.67. The highest BCUT2D eigenvalue weighted by Crippen LogP contribution is 2.38. The topological polar surface area (TPSA) is 32.3 Å². The number of aliphatic hydroxyl groups is 1. The Balaban J connectivity index is 1.96. The average molecular weight is 273 g/mol. The van der Waals surface area contributed by atoms with Gasteiger partial charge in [0.15, 0.2) is 0 Å². The minimum Gasteiger partial charge on any atom is -0.396 e. The fourth-order valence-electron chi connectivity index (χ4n) is 2.58. The van der Waals surface area contributed by atoms with Gasteiger partial charge in [-0.3, -0.25) is 0 Å². The molecule has 0 amide bonds. The van der Waals surface area contributed by atoms with Gasteiger partial charge in [-0.1, -0.05) is 12.8 Å². The fourth-order valence-corrected chi connectivity index (χ4v) is 2.58. The van der Waals surface area contributed by atoms with Gasteiger partial charge in [0.25, 0.3) is 0 Å². The lowest BCUT2D eigenvalue weighted by molar-refractivity contribution is -0.137. The molecule has 0 atom stereocenters. The molecular formula is C14H18F3NO. The second-order valence-electron chi connectivity index (χ2n) is 5.29.